The van der Waals surface area contributed by atoms with Crippen molar-refractivity contribution < 1.29 is 14.0 Å². The first-order valence-corrected chi connectivity index (χ1v) is 5.99. The second-order valence-corrected chi connectivity index (χ2v) is 3.70. The predicted octanol–water partition coefficient (Wildman–Crippen LogP) is 1.40. The maximum Gasteiger partial charge on any atom is 0.154 e. The van der Waals surface area contributed by atoms with Gasteiger partial charge in [-0.3, -0.25) is 0 Å². The summed E-state index contributed by atoms with van der Waals surface area (Å²) in [6.45, 7) is 7.25. The predicted molar refractivity (Wildman–Crippen MR) is 52.7 cm³/mol. The lowest BCUT2D eigenvalue weighted by atomic mass is 10.7. The van der Waals surface area contributed by atoms with Crippen LogP contribution in [0.1, 0.15) is 20.8 Å². The number of rotatable bonds is 4. The molecule has 0 unspecified atom stereocenters. The van der Waals surface area contributed by atoms with Crippen molar-refractivity contribution in [1.82, 2.24) is 0 Å². The van der Waals surface area contributed by atoms with Crippen LogP contribution in [-0.2, 0) is 20.6 Å². The zero-order valence-corrected chi connectivity index (χ0v) is 9.44. The smallest absolute Gasteiger partial charge is 0.154 e. The van der Waals surface area contributed by atoms with Gasteiger partial charge in [0.15, 0.2) is 6.29 Å². The second kappa shape index (κ2) is 11.2. The summed E-state index contributed by atoms with van der Waals surface area (Å²) in [4.78, 5) is 0. The van der Waals surface area contributed by atoms with Crippen molar-refractivity contribution in [3.05, 3.63) is 0 Å². The van der Waals surface area contributed by atoms with Gasteiger partial charge in [-0.05, 0) is 20.8 Å². The van der Waals surface area contributed by atoms with Crippen LogP contribution in [0.25, 0.3) is 0 Å². The van der Waals surface area contributed by atoms with Crippen LogP contribution >= 0.6 is 0 Å². The molecule has 0 saturated heterocycles. The lowest BCUT2D eigenvalue weighted by Crippen LogP contribution is -2.11. The van der Waals surface area contributed by atoms with E-state index in [1.165, 1.54) is 0 Å². The monoisotopic (exact) mass is 196 g/mol. The van der Waals surface area contributed by atoms with E-state index >= 15 is 0 Å². The average Bonchev–Trinajstić information content (AvgIpc) is 1.87. The van der Waals surface area contributed by atoms with Gasteiger partial charge in [0.1, 0.15) is 0 Å². The highest BCUT2D eigenvalue weighted by molar-refractivity contribution is 7.89. The SMILES string of the molecule is CCOC(C)OCC.C[S+](C)[O-]. The first-order chi connectivity index (χ1) is 5.54. The van der Waals surface area contributed by atoms with E-state index in [0.29, 0.717) is 0 Å². The summed E-state index contributed by atoms with van der Waals surface area (Å²) >= 11 is -0.611. The summed E-state index contributed by atoms with van der Waals surface area (Å²) in [7, 11) is 0. The van der Waals surface area contributed by atoms with Gasteiger partial charge in [0.2, 0.25) is 0 Å². The Morgan fingerprint density at radius 2 is 1.42 bits per heavy atom. The van der Waals surface area contributed by atoms with E-state index in [1.807, 2.05) is 20.8 Å². The fraction of sp³-hybridized carbons (Fsp3) is 1.00. The Kier molecular flexibility index (Phi) is 13.8. The summed E-state index contributed by atoms with van der Waals surface area (Å²) in [5.41, 5.74) is 0. The maximum absolute atomic E-state index is 9.56. The topological polar surface area (TPSA) is 41.5 Å². The van der Waals surface area contributed by atoms with Gasteiger partial charge in [-0.2, -0.15) is 0 Å². The third-order valence-corrected chi connectivity index (χ3v) is 0.803. The van der Waals surface area contributed by atoms with Crippen LogP contribution < -0.4 is 0 Å². The lowest BCUT2D eigenvalue weighted by molar-refractivity contribution is -0.123. The fourth-order valence-electron chi connectivity index (χ4n) is 0.518. The third kappa shape index (κ3) is 22.5. The first kappa shape index (κ1) is 14.7. The van der Waals surface area contributed by atoms with Crippen LogP contribution in [-0.4, -0.2) is 36.6 Å². The minimum absolute atomic E-state index is 0.0370. The van der Waals surface area contributed by atoms with Crippen LogP contribution in [0.15, 0.2) is 0 Å². The van der Waals surface area contributed by atoms with Gasteiger partial charge < -0.3 is 14.0 Å². The molecule has 0 spiro atoms. The van der Waals surface area contributed by atoms with Crippen LogP contribution in [0.3, 0.4) is 0 Å². The van der Waals surface area contributed by atoms with E-state index in [2.05, 4.69) is 0 Å². The van der Waals surface area contributed by atoms with Crippen molar-refractivity contribution in [2.75, 3.05) is 25.7 Å². The molecule has 0 aliphatic rings. The molecule has 0 fully saturated rings. The molecule has 0 aromatic heterocycles. The molecule has 0 heterocycles. The van der Waals surface area contributed by atoms with Crippen molar-refractivity contribution in [2.24, 2.45) is 0 Å². The zero-order valence-electron chi connectivity index (χ0n) is 8.62. The molecule has 0 saturated carbocycles. The van der Waals surface area contributed by atoms with E-state index in [1.54, 1.807) is 12.5 Å². The Morgan fingerprint density at radius 3 is 1.58 bits per heavy atom. The molecule has 0 atom stereocenters. The molecule has 0 N–H and O–H groups in total. The zero-order chi connectivity index (χ0) is 9.98. The van der Waals surface area contributed by atoms with Crippen LogP contribution in [0.2, 0.25) is 0 Å². The van der Waals surface area contributed by atoms with Gasteiger partial charge in [-0.1, -0.05) is 11.2 Å². The van der Waals surface area contributed by atoms with E-state index < -0.39 is 11.2 Å². The van der Waals surface area contributed by atoms with Gasteiger partial charge in [0.25, 0.3) is 0 Å². The summed E-state index contributed by atoms with van der Waals surface area (Å²) in [6, 6.07) is 0. The number of hydrogen-bond donors (Lipinski definition) is 0. The minimum Gasteiger partial charge on any atom is -0.617 e. The van der Waals surface area contributed by atoms with Gasteiger partial charge in [0.05, 0.1) is 12.5 Å². The van der Waals surface area contributed by atoms with Crippen molar-refractivity contribution in [1.29, 1.82) is 0 Å². The van der Waals surface area contributed by atoms with Crippen LogP contribution in [0.4, 0.5) is 0 Å². The van der Waals surface area contributed by atoms with E-state index in [4.69, 9.17) is 9.47 Å². The normalized spacial score (nSPS) is 10.0. The molecule has 0 rings (SSSR count). The standard InChI is InChI=1S/C6H14O2.C2H6OS/c1-4-7-6(3)8-5-2;1-4(2)3/h6H,4-5H2,1-3H3;1-2H3. The molecule has 3 nitrogen and oxygen atoms in total. The molecule has 12 heavy (non-hydrogen) atoms. The summed E-state index contributed by atoms with van der Waals surface area (Å²) in [6.07, 6.45) is 3.24. The van der Waals surface area contributed by atoms with Crippen LogP contribution in [0.5, 0.6) is 0 Å². The summed E-state index contributed by atoms with van der Waals surface area (Å²) in [5, 5.41) is 0. The molecule has 4 heteroatoms. The molecular formula is C8H20O3S. The van der Waals surface area contributed by atoms with E-state index in [0.717, 1.165) is 13.2 Å². The first-order valence-electron chi connectivity index (χ1n) is 4.02. The van der Waals surface area contributed by atoms with Crippen LogP contribution in [0, 0.1) is 0 Å². The Hall–Kier alpha value is 0.230. The molecule has 0 amide bonds. The highest BCUT2D eigenvalue weighted by Crippen LogP contribution is 1.90. The maximum atomic E-state index is 9.56. The quantitative estimate of drug-likeness (QED) is 0.504. The lowest BCUT2D eigenvalue weighted by Gasteiger charge is -2.09. The minimum atomic E-state index is -0.611. The highest BCUT2D eigenvalue weighted by Gasteiger charge is 1.94. The molecule has 0 aromatic carbocycles. The fourth-order valence-corrected chi connectivity index (χ4v) is 0.518. The molecule has 0 aliphatic heterocycles. The van der Waals surface area contributed by atoms with Gasteiger partial charge in [-0.15, -0.1) is 0 Å². The molecule has 0 aromatic rings. The number of ether oxygens (including phenoxy) is 2. The Labute approximate surface area is 78.6 Å². The van der Waals surface area contributed by atoms with Crippen molar-refractivity contribution in [3.63, 3.8) is 0 Å². The average molecular weight is 196 g/mol. The van der Waals surface area contributed by atoms with E-state index in [9.17, 15) is 4.55 Å². The van der Waals surface area contributed by atoms with E-state index in [-0.39, 0.29) is 6.29 Å². The molecule has 0 bridgehead atoms. The Bertz CT molecular complexity index is 69.9. The van der Waals surface area contributed by atoms with Crippen molar-refractivity contribution in [2.45, 2.75) is 27.1 Å². The largest absolute Gasteiger partial charge is 0.617 e. The second-order valence-electron chi connectivity index (χ2n) is 2.22. The summed E-state index contributed by atoms with van der Waals surface area (Å²) in [5.74, 6) is 0. The van der Waals surface area contributed by atoms with Crippen molar-refractivity contribution in [3.8, 4) is 0 Å². The Balaban J connectivity index is 0. The highest BCUT2D eigenvalue weighted by atomic mass is 32.2. The molecular weight excluding hydrogens is 176 g/mol. The Morgan fingerprint density at radius 1 is 1.17 bits per heavy atom. The number of hydrogen-bond acceptors (Lipinski definition) is 3. The summed E-state index contributed by atoms with van der Waals surface area (Å²) < 4.78 is 19.7. The molecule has 0 radical (unpaired) electrons. The third-order valence-electron chi connectivity index (χ3n) is 0.803. The molecule has 0 aliphatic carbocycles. The van der Waals surface area contributed by atoms with Gasteiger partial charge >= 0.3 is 0 Å². The van der Waals surface area contributed by atoms with Gasteiger partial charge in [0, 0.05) is 13.2 Å². The van der Waals surface area contributed by atoms with Gasteiger partial charge in [-0.25, -0.2) is 0 Å². The molecule has 76 valence electrons. The van der Waals surface area contributed by atoms with Crippen molar-refractivity contribution >= 4 is 11.2 Å².